The molecule has 2 fully saturated rings. The van der Waals surface area contributed by atoms with Gasteiger partial charge in [-0.3, -0.25) is 9.59 Å². The van der Waals surface area contributed by atoms with Gasteiger partial charge in [0.1, 0.15) is 5.92 Å². The van der Waals surface area contributed by atoms with Crippen molar-refractivity contribution in [2.75, 3.05) is 6.61 Å². The van der Waals surface area contributed by atoms with Crippen molar-refractivity contribution in [3.8, 4) is 0 Å². The van der Waals surface area contributed by atoms with Crippen LogP contribution in [0.5, 0.6) is 0 Å². The number of ether oxygens (including phenoxy) is 2. The molecule has 1 aromatic rings. The number of rotatable bonds is 4. The monoisotopic (exact) mass is 318 g/mol. The van der Waals surface area contributed by atoms with Gasteiger partial charge in [-0.05, 0) is 26.3 Å². The minimum Gasteiger partial charge on any atom is -0.466 e. The third-order valence-corrected chi connectivity index (χ3v) is 5.16. The van der Waals surface area contributed by atoms with Gasteiger partial charge in [-0.2, -0.15) is 0 Å². The number of hydrogen-bond acceptors (Lipinski definition) is 5. The van der Waals surface area contributed by atoms with E-state index in [1.165, 1.54) is 0 Å². The minimum atomic E-state index is -1.22. The van der Waals surface area contributed by atoms with Gasteiger partial charge < -0.3 is 14.6 Å². The maximum absolute atomic E-state index is 12.5. The molecular formula is C18H22O5. The van der Waals surface area contributed by atoms with E-state index in [4.69, 9.17) is 9.47 Å². The summed E-state index contributed by atoms with van der Waals surface area (Å²) in [6, 6.07) is 9.46. The van der Waals surface area contributed by atoms with E-state index in [1.54, 1.807) is 20.8 Å². The van der Waals surface area contributed by atoms with Gasteiger partial charge in [0.05, 0.1) is 18.1 Å². The number of hydrogen-bond donors (Lipinski definition) is 1. The summed E-state index contributed by atoms with van der Waals surface area (Å²) in [5.74, 6) is -2.05. The second-order valence-electron chi connectivity index (χ2n) is 6.85. The number of esters is 2. The fraction of sp³-hybridized carbons (Fsp3) is 0.556. The second kappa shape index (κ2) is 5.34. The highest BCUT2D eigenvalue weighted by atomic mass is 16.6. The van der Waals surface area contributed by atoms with E-state index in [0.717, 1.165) is 5.56 Å². The van der Waals surface area contributed by atoms with E-state index < -0.39 is 23.0 Å². The van der Waals surface area contributed by atoms with Crippen LogP contribution >= 0.6 is 0 Å². The van der Waals surface area contributed by atoms with Crippen molar-refractivity contribution in [1.82, 2.24) is 0 Å². The smallest absolute Gasteiger partial charge is 0.314 e. The number of carbonyl (C=O) groups is 2. The van der Waals surface area contributed by atoms with Crippen molar-refractivity contribution in [2.24, 2.45) is 11.8 Å². The fourth-order valence-electron chi connectivity index (χ4n) is 4.06. The van der Waals surface area contributed by atoms with Crippen LogP contribution in [-0.4, -0.2) is 34.9 Å². The van der Waals surface area contributed by atoms with Crippen LogP contribution in [0.3, 0.4) is 0 Å². The summed E-state index contributed by atoms with van der Waals surface area (Å²) in [6.07, 6.45) is 0.283. The van der Waals surface area contributed by atoms with Crippen LogP contribution < -0.4 is 0 Å². The van der Waals surface area contributed by atoms with Gasteiger partial charge in [0.2, 0.25) is 0 Å². The third kappa shape index (κ3) is 2.26. The standard InChI is InChI=1S/C18H22O5/c1-4-22-15(19)12-10-18(17(2,3)21)14(16(20)23-18)13(12)11-8-6-5-7-9-11/h5-9,12-14,21H,4,10H2,1-3H3/t12-,13-,14-,18-/m1/s1. The molecule has 0 aromatic heterocycles. The normalized spacial score (nSPS) is 32.7. The molecule has 0 amide bonds. The average molecular weight is 318 g/mol. The molecule has 1 aromatic carbocycles. The van der Waals surface area contributed by atoms with Crippen LogP contribution in [0.2, 0.25) is 0 Å². The molecule has 0 radical (unpaired) electrons. The van der Waals surface area contributed by atoms with Gasteiger partial charge in [0, 0.05) is 12.3 Å². The Kier molecular flexibility index (Phi) is 3.71. The van der Waals surface area contributed by atoms with Gasteiger partial charge in [0.25, 0.3) is 0 Å². The Morgan fingerprint density at radius 3 is 2.57 bits per heavy atom. The van der Waals surface area contributed by atoms with Crippen molar-refractivity contribution < 1.29 is 24.2 Å². The Bertz CT molecular complexity index is 618. The maximum Gasteiger partial charge on any atom is 0.314 e. The predicted octanol–water partition coefficient (Wildman–Crippen LogP) is 2.04. The van der Waals surface area contributed by atoms with Crippen LogP contribution in [0.15, 0.2) is 30.3 Å². The Morgan fingerprint density at radius 2 is 2.04 bits per heavy atom. The second-order valence-corrected chi connectivity index (χ2v) is 6.85. The molecule has 2 aliphatic rings. The molecule has 4 atom stereocenters. The molecule has 0 bridgehead atoms. The predicted molar refractivity (Wildman–Crippen MR) is 82.5 cm³/mol. The molecule has 1 aliphatic heterocycles. The van der Waals surface area contributed by atoms with Gasteiger partial charge in [-0.25, -0.2) is 0 Å². The first-order valence-corrected chi connectivity index (χ1v) is 7.98. The summed E-state index contributed by atoms with van der Waals surface area (Å²) in [4.78, 5) is 24.6. The van der Waals surface area contributed by atoms with Crippen molar-refractivity contribution >= 4 is 11.9 Å². The van der Waals surface area contributed by atoms with Crippen LogP contribution in [0.4, 0.5) is 0 Å². The fourth-order valence-corrected chi connectivity index (χ4v) is 4.06. The first-order chi connectivity index (χ1) is 10.8. The summed E-state index contributed by atoms with van der Waals surface area (Å²) < 4.78 is 10.6. The first-order valence-electron chi connectivity index (χ1n) is 7.98. The van der Waals surface area contributed by atoms with Crippen molar-refractivity contribution in [1.29, 1.82) is 0 Å². The van der Waals surface area contributed by atoms with Crippen molar-refractivity contribution in [3.05, 3.63) is 35.9 Å². The molecule has 124 valence electrons. The van der Waals surface area contributed by atoms with Crippen LogP contribution in [0.25, 0.3) is 0 Å². The Morgan fingerprint density at radius 1 is 1.39 bits per heavy atom. The summed E-state index contributed by atoms with van der Waals surface area (Å²) in [6.45, 7) is 5.29. The number of aliphatic hydroxyl groups is 1. The largest absolute Gasteiger partial charge is 0.466 e. The highest BCUT2D eigenvalue weighted by molar-refractivity contribution is 5.87. The summed E-state index contributed by atoms with van der Waals surface area (Å²) in [7, 11) is 0. The van der Waals surface area contributed by atoms with E-state index in [2.05, 4.69) is 0 Å². The SMILES string of the molecule is CCOC(=O)[C@@H]1C[C@@]2(C(C)(C)O)OC(=O)[C@H]2[C@@H]1c1ccccc1. The lowest BCUT2D eigenvalue weighted by molar-refractivity contribution is -0.250. The first kappa shape index (κ1) is 16.0. The Labute approximate surface area is 135 Å². The van der Waals surface area contributed by atoms with Gasteiger partial charge in [-0.15, -0.1) is 0 Å². The maximum atomic E-state index is 12.5. The Balaban J connectivity index is 2.05. The summed E-state index contributed by atoms with van der Waals surface area (Å²) in [5, 5.41) is 10.6. The lowest BCUT2D eigenvalue weighted by atomic mass is 9.70. The molecular weight excluding hydrogens is 296 g/mol. The molecule has 3 rings (SSSR count). The highest BCUT2D eigenvalue weighted by Crippen LogP contribution is 2.61. The van der Waals surface area contributed by atoms with Crippen LogP contribution in [0, 0.1) is 11.8 Å². The molecule has 1 saturated heterocycles. The lowest BCUT2D eigenvalue weighted by Crippen LogP contribution is -2.66. The molecule has 1 N–H and O–H groups in total. The van der Waals surface area contributed by atoms with E-state index in [1.807, 2.05) is 30.3 Å². The van der Waals surface area contributed by atoms with Crippen molar-refractivity contribution in [3.63, 3.8) is 0 Å². The van der Waals surface area contributed by atoms with E-state index in [0.29, 0.717) is 0 Å². The average Bonchev–Trinajstić information content (AvgIpc) is 2.78. The molecule has 0 unspecified atom stereocenters. The highest BCUT2D eigenvalue weighted by Gasteiger charge is 2.73. The summed E-state index contributed by atoms with van der Waals surface area (Å²) >= 11 is 0. The quantitative estimate of drug-likeness (QED) is 0.860. The van der Waals surface area contributed by atoms with Crippen LogP contribution in [-0.2, 0) is 19.1 Å². The van der Waals surface area contributed by atoms with E-state index >= 15 is 0 Å². The van der Waals surface area contributed by atoms with Gasteiger partial charge in [-0.1, -0.05) is 30.3 Å². The lowest BCUT2D eigenvalue weighted by Gasteiger charge is -2.51. The van der Waals surface area contributed by atoms with E-state index in [9.17, 15) is 14.7 Å². The van der Waals surface area contributed by atoms with Crippen molar-refractivity contribution in [2.45, 2.75) is 44.3 Å². The molecule has 1 aliphatic carbocycles. The zero-order valence-corrected chi connectivity index (χ0v) is 13.6. The molecule has 1 heterocycles. The third-order valence-electron chi connectivity index (χ3n) is 5.16. The molecule has 23 heavy (non-hydrogen) atoms. The number of carbonyl (C=O) groups excluding carboxylic acids is 2. The molecule has 5 heteroatoms. The van der Waals surface area contributed by atoms with Crippen LogP contribution in [0.1, 0.15) is 38.7 Å². The molecule has 0 spiro atoms. The molecule has 5 nitrogen and oxygen atoms in total. The number of fused-ring (bicyclic) bond motifs is 1. The van der Waals surface area contributed by atoms with E-state index in [-0.39, 0.29) is 30.9 Å². The zero-order valence-electron chi connectivity index (χ0n) is 13.6. The number of benzene rings is 1. The molecule has 1 saturated carbocycles. The zero-order chi connectivity index (χ0) is 16.8. The Hall–Kier alpha value is -1.88. The topological polar surface area (TPSA) is 72.8 Å². The summed E-state index contributed by atoms with van der Waals surface area (Å²) in [5.41, 5.74) is -1.35. The minimum absolute atomic E-state index is 0.283. The van der Waals surface area contributed by atoms with Gasteiger partial charge >= 0.3 is 11.9 Å². The van der Waals surface area contributed by atoms with Gasteiger partial charge in [0.15, 0.2) is 5.60 Å².